The molecule has 1 atom stereocenters. The second-order valence-electron chi connectivity index (χ2n) is 3.44. The highest BCUT2D eigenvalue weighted by atomic mass is 19.1. The normalized spacial score (nSPS) is 19.6. The summed E-state index contributed by atoms with van der Waals surface area (Å²) >= 11 is 0. The second-order valence-corrected chi connectivity index (χ2v) is 3.44. The van der Waals surface area contributed by atoms with Crippen molar-refractivity contribution >= 4 is 11.7 Å². The molecule has 0 aromatic carbocycles. The molecule has 0 spiro atoms. The van der Waals surface area contributed by atoms with Crippen LogP contribution in [0.2, 0.25) is 0 Å². The molecule has 1 N–H and O–H groups in total. The van der Waals surface area contributed by atoms with Gasteiger partial charge in [-0.1, -0.05) is 0 Å². The molecular formula is C10H8F2N2O2. The maximum Gasteiger partial charge on any atom is 0.328 e. The molecule has 1 aromatic heterocycles. The zero-order valence-corrected chi connectivity index (χ0v) is 8.15. The summed E-state index contributed by atoms with van der Waals surface area (Å²) in [6.45, 7) is 0. The molecule has 84 valence electrons. The summed E-state index contributed by atoms with van der Waals surface area (Å²) in [4.78, 5) is 17.5. The van der Waals surface area contributed by atoms with Crippen LogP contribution in [0, 0.1) is 11.9 Å². The predicted molar refractivity (Wildman–Crippen MR) is 51.3 cm³/mol. The van der Waals surface area contributed by atoms with Crippen LogP contribution >= 0.6 is 0 Å². The van der Waals surface area contributed by atoms with Gasteiger partial charge in [0.25, 0.3) is 0 Å². The molecule has 0 bridgehead atoms. The van der Waals surface area contributed by atoms with Gasteiger partial charge in [-0.05, 0) is 25.0 Å². The maximum absolute atomic E-state index is 13.3. The van der Waals surface area contributed by atoms with E-state index in [1.807, 2.05) is 0 Å². The number of aromatic nitrogens is 1. The highest BCUT2D eigenvalue weighted by molar-refractivity contribution is 6.03. The first-order valence-electron chi connectivity index (χ1n) is 4.70. The molecule has 16 heavy (non-hydrogen) atoms. The van der Waals surface area contributed by atoms with Gasteiger partial charge in [-0.25, -0.2) is 4.79 Å². The van der Waals surface area contributed by atoms with E-state index in [1.54, 1.807) is 0 Å². The number of carboxylic acid groups (broad SMARTS) is 1. The summed E-state index contributed by atoms with van der Waals surface area (Å²) in [6.07, 6.45) is 0.697. The molecular weight excluding hydrogens is 218 g/mol. The van der Waals surface area contributed by atoms with Gasteiger partial charge in [0, 0.05) is 5.71 Å². The third-order valence-corrected chi connectivity index (χ3v) is 2.38. The summed E-state index contributed by atoms with van der Waals surface area (Å²) in [5.74, 6) is -2.90. The summed E-state index contributed by atoms with van der Waals surface area (Å²) in [6, 6.07) is 1.41. The van der Waals surface area contributed by atoms with Gasteiger partial charge in [0.05, 0.1) is 5.56 Å². The average Bonchev–Trinajstić information content (AvgIpc) is 2.66. The van der Waals surface area contributed by atoms with Gasteiger partial charge >= 0.3 is 5.97 Å². The zero-order valence-electron chi connectivity index (χ0n) is 8.15. The fourth-order valence-electron chi connectivity index (χ4n) is 1.60. The van der Waals surface area contributed by atoms with Gasteiger partial charge in [-0.3, -0.25) is 4.99 Å². The Balaban J connectivity index is 2.32. The lowest BCUT2D eigenvalue weighted by molar-refractivity contribution is -0.138. The van der Waals surface area contributed by atoms with Crippen LogP contribution in [0.15, 0.2) is 17.1 Å². The summed E-state index contributed by atoms with van der Waals surface area (Å²) < 4.78 is 25.8. The van der Waals surface area contributed by atoms with E-state index in [0.29, 0.717) is 18.6 Å². The number of hydrogen-bond donors (Lipinski definition) is 1. The van der Waals surface area contributed by atoms with Gasteiger partial charge in [-0.2, -0.15) is 13.8 Å². The first-order valence-corrected chi connectivity index (χ1v) is 4.70. The van der Waals surface area contributed by atoms with E-state index >= 15 is 0 Å². The standard InChI is InChI=1S/C10H8F2N2O2/c11-8-4-1-5(9(12)14-8)6-2-3-7(13-6)10(15)16/h1,4,7H,2-3H2,(H,15,16)/t7-/m1/s1. The molecule has 1 aromatic rings. The lowest BCUT2D eigenvalue weighted by atomic mass is 10.1. The fourth-order valence-corrected chi connectivity index (χ4v) is 1.60. The van der Waals surface area contributed by atoms with Crippen LogP contribution in [0.4, 0.5) is 8.78 Å². The molecule has 2 rings (SSSR count). The summed E-state index contributed by atoms with van der Waals surface area (Å²) in [5, 5.41) is 8.71. The first-order chi connectivity index (χ1) is 7.58. The highest BCUT2D eigenvalue weighted by Crippen LogP contribution is 2.20. The van der Waals surface area contributed by atoms with E-state index in [0.717, 1.165) is 6.07 Å². The summed E-state index contributed by atoms with van der Waals surface area (Å²) in [7, 11) is 0. The molecule has 1 aliphatic rings. The Kier molecular flexibility index (Phi) is 2.64. The van der Waals surface area contributed by atoms with Crippen molar-refractivity contribution in [1.82, 2.24) is 4.98 Å². The van der Waals surface area contributed by atoms with E-state index in [9.17, 15) is 13.6 Å². The molecule has 6 heteroatoms. The molecule has 0 saturated heterocycles. The van der Waals surface area contributed by atoms with Crippen LogP contribution in [0.3, 0.4) is 0 Å². The van der Waals surface area contributed by atoms with Crippen molar-refractivity contribution in [3.63, 3.8) is 0 Å². The Morgan fingerprint density at radius 1 is 1.44 bits per heavy atom. The predicted octanol–water partition coefficient (Wildman–Crippen LogP) is 1.40. The molecule has 0 aliphatic carbocycles. The second kappa shape index (κ2) is 3.96. The Morgan fingerprint density at radius 2 is 2.19 bits per heavy atom. The highest BCUT2D eigenvalue weighted by Gasteiger charge is 2.26. The molecule has 0 amide bonds. The van der Waals surface area contributed by atoms with Crippen LogP contribution in [0.1, 0.15) is 18.4 Å². The smallest absolute Gasteiger partial charge is 0.328 e. The number of nitrogens with zero attached hydrogens (tertiary/aromatic N) is 2. The van der Waals surface area contributed by atoms with Crippen molar-refractivity contribution in [2.75, 3.05) is 0 Å². The number of rotatable bonds is 2. The largest absolute Gasteiger partial charge is 0.480 e. The minimum Gasteiger partial charge on any atom is -0.480 e. The molecule has 0 saturated carbocycles. The van der Waals surface area contributed by atoms with Crippen LogP contribution < -0.4 is 0 Å². The van der Waals surface area contributed by atoms with Crippen LogP contribution in [-0.2, 0) is 4.79 Å². The Morgan fingerprint density at radius 3 is 2.75 bits per heavy atom. The van der Waals surface area contributed by atoms with Crippen molar-refractivity contribution in [1.29, 1.82) is 0 Å². The number of hydrogen-bond acceptors (Lipinski definition) is 3. The number of carbonyl (C=O) groups is 1. The van der Waals surface area contributed by atoms with Gasteiger partial charge in [0.15, 0.2) is 0 Å². The number of aliphatic carboxylic acids is 1. The van der Waals surface area contributed by atoms with E-state index in [-0.39, 0.29) is 5.56 Å². The van der Waals surface area contributed by atoms with Crippen molar-refractivity contribution < 1.29 is 18.7 Å². The average molecular weight is 226 g/mol. The fraction of sp³-hybridized carbons (Fsp3) is 0.300. The van der Waals surface area contributed by atoms with Crippen molar-refractivity contribution in [2.24, 2.45) is 4.99 Å². The topological polar surface area (TPSA) is 62.5 Å². The van der Waals surface area contributed by atoms with E-state index < -0.39 is 23.9 Å². The molecule has 4 nitrogen and oxygen atoms in total. The number of pyridine rings is 1. The van der Waals surface area contributed by atoms with Crippen LogP contribution in [-0.4, -0.2) is 27.8 Å². The first kappa shape index (κ1) is 10.7. The van der Waals surface area contributed by atoms with Crippen molar-refractivity contribution in [3.05, 3.63) is 29.6 Å². The lowest BCUT2D eigenvalue weighted by Gasteiger charge is -2.00. The Hall–Kier alpha value is -1.85. The minimum absolute atomic E-state index is 0.0742. The maximum atomic E-state index is 13.3. The lowest BCUT2D eigenvalue weighted by Crippen LogP contribution is -2.13. The molecule has 2 heterocycles. The van der Waals surface area contributed by atoms with E-state index in [2.05, 4.69) is 9.98 Å². The number of aliphatic imine (C=N–C) groups is 1. The zero-order chi connectivity index (χ0) is 11.7. The van der Waals surface area contributed by atoms with Gasteiger partial charge in [0.1, 0.15) is 6.04 Å². The van der Waals surface area contributed by atoms with Crippen molar-refractivity contribution in [3.8, 4) is 0 Å². The molecule has 0 radical (unpaired) electrons. The van der Waals surface area contributed by atoms with Gasteiger partial charge in [0.2, 0.25) is 11.9 Å². The third kappa shape index (κ3) is 1.91. The Bertz CT molecular complexity index is 474. The van der Waals surface area contributed by atoms with Crippen LogP contribution in [0.5, 0.6) is 0 Å². The van der Waals surface area contributed by atoms with Gasteiger partial charge in [-0.15, -0.1) is 0 Å². The van der Waals surface area contributed by atoms with Gasteiger partial charge < -0.3 is 5.11 Å². The Labute approximate surface area is 89.7 Å². The minimum atomic E-state index is -1.04. The van der Waals surface area contributed by atoms with Crippen molar-refractivity contribution in [2.45, 2.75) is 18.9 Å². The third-order valence-electron chi connectivity index (χ3n) is 2.38. The quantitative estimate of drug-likeness (QED) is 0.775. The van der Waals surface area contributed by atoms with E-state index in [1.165, 1.54) is 6.07 Å². The monoisotopic (exact) mass is 226 g/mol. The number of carboxylic acids is 1. The number of halogens is 2. The summed E-state index contributed by atoms with van der Waals surface area (Å²) in [5.41, 5.74) is 0.405. The van der Waals surface area contributed by atoms with E-state index in [4.69, 9.17) is 5.11 Å². The molecule has 0 fully saturated rings. The molecule has 1 aliphatic heterocycles. The molecule has 0 unspecified atom stereocenters. The van der Waals surface area contributed by atoms with Crippen LogP contribution in [0.25, 0.3) is 0 Å². The SMILES string of the molecule is O=C(O)[C@H]1CCC(c2ccc(F)nc2F)=N1.